The van der Waals surface area contributed by atoms with Gasteiger partial charge in [0.1, 0.15) is 11.9 Å². The first kappa shape index (κ1) is 19.5. The molecule has 2 fully saturated rings. The zero-order valence-electron chi connectivity index (χ0n) is 21.4. The molecule has 7 nitrogen and oxygen atoms in total. The average Bonchev–Trinajstić information content (AvgIpc) is 2.85. The van der Waals surface area contributed by atoms with Crippen molar-refractivity contribution in [2.45, 2.75) is 55.0 Å². The summed E-state index contributed by atoms with van der Waals surface area (Å²) < 4.78 is 51.2. The van der Waals surface area contributed by atoms with Gasteiger partial charge in [-0.1, -0.05) is 12.5 Å². The zero-order valence-corrected chi connectivity index (χ0v) is 19.3. The Bertz CT molecular complexity index is 1280. The van der Waals surface area contributed by atoms with Gasteiger partial charge in [0, 0.05) is 29.3 Å². The predicted molar refractivity (Wildman–Crippen MR) is 128 cm³/mol. The lowest BCUT2D eigenvalue weighted by atomic mass is 9.82. The maximum Gasteiger partial charge on any atom is 0.214 e. The lowest BCUT2D eigenvalue weighted by Crippen LogP contribution is -2.61. The summed E-state index contributed by atoms with van der Waals surface area (Å²) >= 11 is 0.474. The standard InChI is InChI=1S/C24H26F2N6OS/c1-32(18-11-15-4-3-5-17(28-15)23(18)26)21-12-27-24(31-30-21)16-7-6-13(8-19(16)33)14-9-20(25)29-22(10-14)34-2/h6-10,12,15,17-18,23,28,33H,3-5,11H2,1-2H3/t15-,17-,18+,23-/m0/s1/i2D3. The highest BCUT2D eigenvalue weighted by Gasteiger charge is 2.42. The van der Waals surface area contributed by atoms with E-state index in [2.05, 4.69) is 25.5 Å². The van der Waals surface area contributed by atoms with Crippen LogP contribution >= 0.6 is 11.8 Å². The summed E-state index contributed by atoms with van der Waals surface area (Å²) in [6.45, 7) is 0. The molecule has 0 aliphatic carbocycles. The van der Waals surface area contributed by atoms with Crippen molar-refractivity contribution in [3.63, 3.8) is 0 Å². The second kappa shape index (κ2) is 9.42. The molecule has 0 radical (unpaired) electrons. The molecule has 0 spiro atoms. The Morgan fingerprint density at radius 1 is 1.21 bits per heavy atom. The van der Waals surface area contributed by atoms with E-state index < -0.39 is 18.3 Å². The maximum absolute atomic E-state index is 15.1. The normalized spacial score (nSPS) is 25.8. The Hall–Kier alpha value is -2.85. The number of nitrogens with one attached hydrogen (secondary N) is 1. The van der Waals surface area contributed by atoms with Crippen LogP contribution in [-0.4, -0.2) is 62.8 Å². The molecular formula is C24H26F2N6OS. The van der Waals surface area contributed by atoms with E-state index >= 15 is 4.39 Å². The third kappa shape index (κ3) is 4.44. The van der Waals surface area contributed by atoms with Gasteiger partial charge in [-0.15, -0.1) is 22.0 Å². The molecule has 3 aromatic rings. The fourth-order valence-electron chi connectivity index (χ4n) is 4.87. The predicted octanol–water partition coefficient (Wildman–Crippen LogP) is 4.22. The van der Waals surface area contributed by atoms with E-state index in [1.807, 2.05) is 0 Å². The smallest absolute Gasteiger partial charge is 0.214 e. The van der Waals surface area contributed by atoms with Crippen molar-refractivity contribution in [3.05, 3.63) is 42.5 Å². The number of piperidine rings is 2. The second-order valence-electron chi connectivity index (χ2n) is 8.75. The van der Waals surface area contributed by atoms with Crippen LogP contribution in [0.4, 0.5) is 14.6 Å². The van der Waals surface area contributed by atoms with E-state index in [-0.39, 0.29) is 28.7 Å². The molecule has 10 heteroatoms. The average molecular weight is 488 g/mol. The molecule has 2 aliphatic heterocycles. The molecule has 4 heterocycles. The number of halogens is 2. The molecule has 178 valence electrons. The maximum atomic E-state index is 15.1. The molecule has 2 saturated heterocycles. The van der Waals surface area contributed by atoms with Crippen LogP contribution in [0.25, 0.3) is 22.5 Å². The zero-order chi connectivity index (χ0) is 26.3. The van der Waals surface area contributed by atoms with Gasteiger partial charge in [-0.2, -0.15) is 4.39 Å². The molecule has 2 aliphatic rings. The highest BCUT2D eigenvalue weighted by molar-refractivity contribution is 7.98. The van der Waals surface area contributed by atoms with E-state index in [0.717, 1.165) is 25.3 Å². The Labute approximate surface area is 205 Å². The van der Waals surface area contributed by atoms with Crippen molar-refractivity contribution in [1.29, 1.82) is 0 Å². The molecule has 0 amide bonds. The van der Waals surface area contributed by atoms with Crippen molar-refractivity contribution in [3.8, 4) is 28.3 Å². The van der Waals surface area contributed by atoms with Gasteiger partial charge in [-0.05, 0) is 54.8 Å². The van der Waals surface area contributed by atoms with Gasteiger partial charge in [-0.3, -0.25) is 0 Å². The van der Waals surface area contributed by atoms with Crippen molar-refractivity contribution < 1.29 is 18.0 Å². The number of thioether (sulfide) groups is 1. The largest absolute Gasteiger partial charge is 0.507 e. The summed E-state index contributed by atoms with van der Waals surface area (Å²) in [5, 5.41) is 22.4. The second-order valence-corrected chi connectivity index (χ2v) is 9.37. The lowest BCUT2D eigenvalue weighted by Gasteiger charge is -2.45. The van der Waals surface area contributed by atoms with Gasteiger partial charge in [0.2, 0.25) is 5.95 Å². The first-order chi connectivity index (χ1) is 17.6. The van der Waals surface area contributed by atoms with Crippen LogP contribution in [0, 0.1) is 5.95 Å². The monoisotopic (exact) mass is 487 g/mol. The number of alkyl halides is 1. The number of pyridine rings is 1. The lowest BCUT2D eigenvalue weighted by molar-refractivity contribution is 0.107. The van der Waals surface area contributed by atoms with Crippen molar-refractivity contribution in [2.24, 2.45) is 0 Å². The summed E-state index contributed by atoms with van der Waals surface area (Å²) in [7, 11) is 1.79. The molecule has 34 heavy (non-hydrogen) atoms. The minimum absolute atomic E-state index is 0.0127. The Kier molecular flexibility index (Phi) is 5.39. The summed E-state index contributed by atoms with van der Waals surface area (Å²) in [5.74, 6) is -0.357. The molecule has 0 saturated carbocycles. The fourth-order valence-corrected chi connectivity index (χ4v) is 5.19. The summed E-state index contributed by atoms with van der Waals surface area (Å²) in [5.41, 5.74) is 1.14. The molecule has 1 aromatic carbocycles. The molecular weight excluding hydrogens is 458 g/mol. The number of benzene rings is 1. The molecule has 2 aromatic heterocycles. The van der Waals surface area contributed by atoms with E-state index in [9.17, 15) is 9.50 Å². The van der Waals surface area contributed by atoms with Gasteiger partial charge in [0.05, 0.1) is 22.8 Å². The minimum Gasteiger partial charge on any atom is -0.507 e. The third-order valence-electron chi connectivity index (χ3n) is 6.65. The summed E-state index contributed by atoms with van der Waals surface area (Å²) in [4.78, 5) is 9.76. The van der Waals surface area contributed by atoms with Crippen LogP contribution in [0.15, 0.2) is 41.6 Å². The molecule has 4 atom stereocenters. The van der Waals surface area contributed by atoms with Crippen LogP contribution in [0.2, 0.25) is 0 Å². The Morgan fingerprint density at radius 2 is 2.09 bits per heavy atom. The van der Waals surface area contributed by atoms with Crippen LogP contribution < -0.4 is 10.2 Å². The molecule has 5 rings (SSSR count). The fraction of sp³-hybridized carbons (Fsp3) is 0.417. The van der Waals surface area contributed by atoms with Gasteiger partial charge in [0.15, 0.2) is 11.6 Å². The number of hydrogen-bond acceptors (Lipinski definition) is 8. The Balaban J connectivity index is 1.35. The van der Waals surface area contributed by atoms with Crippen LogP contribution in [0.1, 0.15) is 29.8 Å². The van der Waals surface area contributed by atoms with Gasteiger partial charge >= 0.3 is 0 Å². The molecule has 2 N–H and O–H groups in total. The van der Waals surface area contributed by atoms with E-state index in [1.54, 1.807) is 24.1 Å². The highest BCUT2D eigenvalue weighted by atomic mass is 32.2. The quantitative estimate of drug-likeness (QED) is 0.409. The highest BCUT2D eigenvalue weighted by Crippen LogP contribution is 2.34. The first-order valence-corrected chi connectivity index (χ1v) is 11.9. The van der Waals surface area contributed by atoms with E-state index in [1.165, 1.54) is 18.3 Å². The molecule has 0 unspecified atom stereocenters. The summed E-state index contributed by atoms with van der Waals surface area (Å²) in [6.07, 6.45) is 1.71. The Morgan fingerprint density at radius 3 is 2.85 bits per heavy atom. The topological polar surface area (TPSA) is 87.1 Å². The van der Waals surface area contributed by atoms with Gasteiger partial charge < -0.3 is 15.3 Å². The number of hydrogen-bond donors (Lipinski definition) is 2. The van der Waals surface area contributed by atoms with E-state index in [4.69, 9.17) is 4.11 Å². The van der Waals surface area contributed by atoms with Gasteiger partial charge in [0.25, 0.3) is 0 Å². The van der Waals surface area contributed by atoms with Gasteiger partial charge in [-0.25, -0.2) is 14.4 Å². The van der Waals surface area contributed by atoms with E-state index in [0.29, 0.717) is 46.7 Å². The number of aromatic nitrogens is 4. The number of anilines is 1. The molecule has 2 bridgehead atoms. The SMILES string of the molecule is [2H]C([2H])([2H])Sc1cc(-c2ccc(-c3ncc(N(C)[C@@H]4C[C@@H]5CCC[C@H](N5)[C@@H]4F)nn3)c(O)c2)cc(F)n1. The van der Waals surface area contributed by atoms with Crippen LogP contribution in [-0.2, 0) is 0 Å². The number of nitrogens with zero attached hydrogens (tertiary/aromatic N) is 5. The number of phenolic OH excluding ortho intramolecular Hbond substituents is 1. The van der Waals surface area contributed by atoms with Crippen molar-refractivity contribution >= 4 is 17.6 Å². The number of aromatic hydroxyl groups is 1. The third-order valence-corrected chi connectivity index (χ3v) is 7.07. The van der Waals surface area contributed by atoms with Crippen molar-refractivity contribution in [2.75, 3.05) is 18.1 Å². The number of rotatable bonds is 5. The first-order valence-electron chi connectivity index (χ1n) is 12.6. The minimum atomic E-state index is -2.37. The van der Waals surface area contributed by atoms with Crippen LogP contribution in [0.3, 0.4) is 0 Å². The van der Waals surface area contributed by atoms with Crippen LogP contribution in [0.5, 0.6) is 5.75 Å². The summed E-state index contributed by atoms with van der Waals surface area (Å²) in [6, 6.07) is 7.07. The number of fused-ring (bicyclic) bond motifs is 2. The van der Waals surface area contributed by atoms with Crippen molar-refractivity contribution in [1.82, 2.24) is 25.5 Å². The number of phenols is 1.